The number of para-hydroxylation sites is 1. The molecule has 0 bridgehead atoms. The summed E-state index contributed by atoms with van der Waals surface area (Å²) in [5, 5.41) is 0. The zero-order valence-electron chi connectivity index (χ0n) is 6.71. The van der Waals surface area contributed by atoms with E-state index in [0.717, 1.165) is 18.5 Å². The molecule has 0 aromatic heterocycles. The number of rotatable bonds is 2. The molecule has 0 unspecified atom stereocenters. The van der Waals surface area contributed by atoms with Gasteiger partial charge in [-0.3, -0.25) is 0 Å². The average molecular weight is 172 g/mol. The van der Waals surface area contributed by atoms with E-state index < -0.39 is 0 Å². The average Bonchev–Trinajstić information content (AvgIpc) is 1.94. The summed E-state index contributed by atoms with van der Waals surface area (Å²) in [6.07, 6.45) is 2.25. The van der Waals surface area contributed by atoms with Crippen LogP contribution in [0.2, 0.25) is 0 Å². The van der Waals surface area contributed by atoms with Gasteiger partial charge < -0.3 is 5.73 Å². The van der Waals surface area contributed by atoms with Crippen molar-refractivity contribution in [2.45, 2.75) is 19.8 Å². The first-order valence-electron chi connectivity index (χ1n) is 3.68. The van der Waals surface area contributed by atoms with E-state index in [-0.39, 0.29) is 12.4 Å². The van der Waals surface area contributed by atoms with E-state index in [9.17, 15) is 0 Å². The second kappa shape index (κ2) is 5.03. The highest BCUT2D eigenvalue weighted by atomic mass is 35.5. The topological polar surface area (TPSA) is 26.0 Å². The number of hydrogen-bond donors (Lipinski definition) is 1. The van der Waals surface area contributed by atoms with Gasteiger partial charge in [0.1, 0.15) is 0 Å². The minimum atomic E-state index is 0. The molecule has 0 aliphatic rings. The Hall–Kier alpha value is -0.690. The Kier molecular flexibility index (Phi) is 4.71. The summed E-state index contributed by atoms with van der Waals surface area (Å²) < 4.78 is 0. The van der Waals surface area contributed by atoms with E-state index >= 15 is 0 Å². The molecule has 2 heteroatoms. The molecule has 0 saturated carbocycles. The van der Waals surface area contributed by atoms with Crippen LogP contribution in [0.5, 0.6) is 0 Å². The standard InChI is InChI=1S/C9H13N.ClH/c1-2-5-8-6-3-4-7-9(8)10;/h3-4,6-7H,2,5,10H2,1H3;1H. The van der Waals surface area contributed by atoms with Gasteiger partial charge >= 0.3 is 0 Å². The van der Waals surface area contributed by atoms with E-state index in [4.69, 9.17) is 5.73 Å². The highest BCUT2D eigenvalue weighted by Gasteiger charge is 1.93. The number of halogens is 1. The normalized spacial score (nSPS) is 8.82. The molecule has 0 aliphatic heterocycles. The minimum absolute atomic E-state index is 0. The van der Waals surface area contributed by atoms with Crippen LogP contribution in [0, 0.1) is 0 Å². The van der Waals surface area contributed by atoms with Crippen LogP contribution in [0.15, 0.2) is 24.3 Å². The maximum Gasteiger partial charge on any atom is 0.0346 e. The highest BCUT2D eigenvalue weighted by molar-refractivity contribution is 5.85. The lowest BCUT2D eigenvalue weighted by atomic mass is 10.1. The summed E-state index contributed by atoms with van der Waals surface area (Å²) in [6, 6.07) is 8.03. The van der Waals surface area contributed by atoms with Gasteiger partial charge in [0.05, 0.1) is 0 Å². The van der Waals surface area contributed by atoms with Gasteiger partial charge in [-0.05, 0) is 18.1 Å². The SMILES string of the molecule is CCCc1ccccc1N.Cl. The summed E-state index contributed by atoms with van der Waals surface area (Å²) in [7, 11) is 0. The molecule has 1 aromatic carbocycles. The van der Waals surface area contributed by atoms with Crippen molar-refractivity contribution in [3.8, 4) is 0 Å². The van der Waals surface area contributed by atoms with Crippen molar-refractivity contribution in [3.05, 3.63) is 29.8 Å². The molecule has 1 nitrogen and oxygen atoms in total. The van der Waals surface area contributed by atoms with Crippen molar-refractivity contribution < 1.29 is 0 Å². The first-order valence-corrected chi connectivity index (χ1v) is 3.68. The van der Waals surface area contributed by atoms with Gasteiger partial charge in [-0.25, -0.2) is 0 Å². The predicted octanol–water partition coefficient (Wildman–Crippen LogP) is 2.64. The van der Waals surface area contributed by atoms with Crippen molar-refractivity contribution in [2.75, 3.05) is 5.73 Å². The number of nitrogens with two attached hydrogens (primary N) is 1. The molecular weight excluding hydrogens is 158 g/mol. The number of hydrogen-bond acceptors (Lipinski definition) is 1. The molecule has 2 N–H and O–H groups in total. The molecule has 1 aromatic rings. The minimum Gasteiger partial charge on any atom is -0.399 e. The summed E-state index contributed by atoms with van der Waals surface area (Å²) in [4.78, 5) is 0. The summed E-state index contributed by atoms with van der Waals surface area (Å²) in [5.74, 6) is 0. The third-order valence-electron chi connectivity index (χ3n) is 1.57. The second-order valence-electron chi connectivity index (χ2n) is 2.45. The second-order valence-corrected chi connectivity index (χ2v) is 2.45. The van der Waals surface area contributed by atoms with Crippen molar-refractivity contribution in [1.82, 2.24) is 0 Å². The molecule has 62 valence electrons. The zero-order valence-corrected chi connectivity index (χ0v) is 7.53. The Balaban J connectivity index is 0.000001000. The first kappa shape index (κ1) is 10.3. The summed E-state index contributed by atoms with van der Waals surface area (Å²) >= 11 is 0. The molecule has 11 heavy (non-hydrogen) atoms. The van der Waals surface area contributed by atoms with Gasteiger partial charge in [-0.2, -0.15) is 0 Å². The lowest BCUT2D eigenvalue weighted by Crippen LogP contribution is -1.92. The van der Waals surface area contributed by atoms with Gasteiger partial charge in [0.2, 0.25) is 0 Å². The highest BCUT2D eigenvalue weighted by Crippen LogP contribution is 2.11. The largest absolute Gasteiger partial charge is 0.399 e. The Labute approximate surface area is 74.0 Å². The van der Waals surface area contributed by atoms with Gasteiger partial charge in [0, 0.05) is 5.69 Å². The summed E-state index contributed by atoms with van der Waals surface area (Å²) in [6.45, 7) is 2.16. The number of nitrogen functional groups attached to an aromatic ring is 1. The van der Waals surface area contributed by atoms with Crippen molar-refractivity contribution >= 4 is 18.1 Å². The van der Waals surface area contributed by atoms with Crippen LogP contribution in [-0.4, -0.2) is 0 Å². The Bertz CT molecular complexity index is 210. The van der Waals surface area contributed by atoms with E-state index in [2.05, 4.69) is 13.0 Å². The molecule has 0 heterocycles. The molecule has 0 aliphatic carbocycles. The van der Waals surface area contributed by atoms with Crippen LogP contribution in [0.25, 0.3) is 0 Å². The van der Waals surface area contributed by atoms with Gasteiger partial charge in [-0.1, -0.05) is 31.5 Å². The number of anilines is 1. The van der Waals surface area contributed by atoms with Crippen LogP contribution >= 0.6 is 12.4 Å². The zero-order chi connectivity index (χ0) is 7.40. The van der Waals surface area contributed by atoms with E-state index in [0.29, 0.717) is 0 Å². The fraction of sp³-hybridized carbons (Fsp3) is 0.333. The fourth-order valence-electron chi connectivity index (χ4n) is 1.03. The Morgan fingerprint density at radius 2 is 1.91 bits per heavy atom. The monoisotopic (exact) mass is 171 g/mol. The smallest absolute Gasteiger partial charge is 0.0346 e. The lowest BCUT2D eigenvalue weighted by Gasteiger charge is -2.01. The fourth-order valence-corrected chi connectivity index (χ4v) is 1.03. The lowest BCUT2D eigenvalue weighted by molar-refractivity contribution is 0.924. The Morgan fingerprint density at radius 3 is 2.45 bits per heavy atom. The Morgan fingerprint density at radius 1 is 1.27 bits per heavy atom. The van der Waals surface area contributed by atoms with Gasteiger partial charge in [0.25, 0.3) is 0 Å². The molecule has 0 radical (unpaired) electrons. The molecule has 0 amide bonds. The maximum atomic E-state index is 5.71. The predicted molar refractivity (Wildman–Crippen MR) is 52.1 cm³/mol. The van der Waals surface area contributed by atoms with Crippen LogP contribution < -0.4 is 5.73 Å². The van der Waals surface area contributed by atoms with Crippen molar-refractivity contribution in [3.63, 3.8) is 0 Å². The van der Waals surface area contributed by atoms with E-state index in [1.807, 2.05) is 18.2 Å². The number of aryl methyl sites for hydroxylation is 1. The van der Waals surface area contributed by atoms with Crippen LogP contribution in [0.3, 0.4) is 0 Å². The molecule has 0 saturated heterocycles. The van der Waals surface area contributed by atoms with Crippen LogP contribution in [0.1, 0.15) is 18.9 Å². The molecule has 1 rings (SSSR count). The van der Waals surface area contributed by atoms with Crippen LogP contribution in [-0.2, 0) is 6.42 Å². The molecule has 0 spiro atoms. The van der Waals surface area contributed by atoms with Crippen molar-refractivity contribution in [1.29, 1.82) is 0 Å². The summed E-state index contributed by atoms with van der Waals surface area (Å²) in [5.41, 5.74) is 7.90. The molecule has 0 fully saturated rings. The van der Waals surface area contributed by atoms with E-state index in [1.54, 1.807) is 0 Å². The van der Waals surface area contributed by atoms with E-state index in [1.165, 1.54) is 5.56 Å². The van der Waals surface area contributed by atoms with Gasteiger partial charge in [-0.15, -0.1) is 12.4 Å². The third kappa shape index (κ3) is 2.81. The van der Waals surface area contributed by atoms with Crippen LogP contribution in [0.4, 0.5) is 5.69 Å². The van der Waals surface area contributed by atoms with Gasteiger partial charge in [0.15, 0.2) is 0 Å². The van der Waals surface area contributed by atoms with Crippen molar-refractivity contribution in [2.24, 2.45) is 0 Å². The molecule has 0 atom stereocenters. The first-order chi connectivity index (χ1) is 4.84. The number of benzene rings is 1. The molecular formula is C9H14ClN. The third-order valence-corrected chi connectivity index (χ3v) is 1.57. The quantitative estimate of drug-likeness (QED) is 0.681. The maximum absolute atomic E-state index is 5.71.